The van der Waals surface area contributed by atoms with E-state index in [1.165, 1.54) is 23.5 Å². The summed E-state index contributed by atoms with van der Waals surface area (Å²) in [6.45, 7) is 2.40. The molecule has 0 radical (unpaired) electrons. The highest BCUT2D eigenvalue weighted by Crippen LogP contribution is 2.19. The van der Waals surface area contributed by atoms with Gasteiger partial charge < -0.3 is 5.73 Å². The molecular formula is C11H17FN2O2S. The van der Waals surface area contributed by atoms with Crippen LogP contribution in [-0.4, -0.2) is 26.3 Å². The maximum absolute atomic E-state index is 13.2. The number of nitrogens with two attached hydrogens (primary N) is 1. The Morgan fingerprint density at radius 1 is 1.41 bits per heavy atom. The molecule has 0 aliphatic rings. The maximum atomic E-state index is 13.2. The zero-order chi connectivity index (χ0) is 13.1. The standard InChI is InChI=1S/C11H17FN2O2S/c1-3-4-7-14(2)17(15,16)9-5-6-11(13)10(12)8-9/h5-6,8H,3-4,7,13H2,1-2H3. The molecule has 0 fully saturated rings. The number of nitrogens with zero attached hydrogens (tertiary/aromatic N) is 1. The van der Waals surface area contributed by atoms with Crippen molar-refractivity contribution >= 4 is 15.7 Å². The van der Waals surface area contributed by atoms with Crippen molar-refractivity contribution in [1.82, 2.24) is 4.31 Å². The van der Waals surface area contributed by atoms with Crippen molar-refractivity contribution in [3.8, 4) is 0 Å². The first kappa shape index (κ1) is 13.9. The van der Waals surface area contributed by atoms with E-state index in [-0.39, 0.29) is 10.6 Å². The van der Waals surface area contributed by atoms with Crippen LogP contribution in [0.5, 0.6) is 0 Å². The van der Waals surface area contributed by atoms with Gasteiger partial charge in [-0.25, -0.2) is 17.1 Å². The van der Waals surface area contributed by atoms with Crippen LogP contribution in [0.2, 0.25) is 0 Å². The number of unbranched alkanes of at least 4 members (excludes halogenated alkanes) is 1. The number of nitrogen functional groups attached to an aromatic ring is 1. The van der Waals surface area contributed by atoms with Crippen molar-refractivity contribution in [3.05, 3.63) is 24.0 Å². The molecule has 4 nitrogen and oxygen atoms in total. The average Bonchev–Trinajstić information content (AvgIpc) is 2.29. The van der Waals surface area contributed by atoms with Crippen LogP contribution >= 0.6 is 0 Å². The van der Waals surface area contributed by atoms with E-state index in [9.17, 15) is 12.8 Å². The molecule has 0 aliphatic heterocycles. The van der Waals surface area contributed by atoms with Gasteiger partial charge in [0.25, 0.3) is 0 Å². The predicted octanol–water partition coefficient (Wildman–Crippen LogP) is 1.83. The third-order valence-corrected chi connectivity index (χ3v) is 4.36. The minimum Gasteiger partial charge on any atom is -0.396 e. The molecule has 0 unspecified atom stereocenters. The predicted molar refractivity (Wildman–Crippen MR) is 65.5 cm³/mol. The van der Waals surface area contributed by atoms with Crippen molar-refractivity contribution in [1.29, 1.82) is 0 Å². The fraction of sp³-hybridized carbons (Fsp3) is 0.455. The third kappa shape index (κ3) is 3.17. The molecule has 0 saturated heterocycles. The number of hydrogen-bond donors (Lipinski definition) is 1. The van der Waals surface area contributed by atoms with E-state index in [1.807, 2.05) is 6.92 Å². The molecule has 0 aromatic heterocycles. The quantitative estimate of drug-likeness (QED) is 0.821. The lowest BCUT2D eigenvalue weighted by molar-refractivity contribution is 0.458. The number of hydrogen-bond acceptors (Lipinski definition) is 3. The molecule has 1 aromatic carbocycles. The number of sulfonamides is 1. The minimum atomic E-state index is -3.61. The second-order valence-electron chi connectivity index (χ2n) is 3.86. The lowest BCUT2D eigenvalue weighted by Gasteiger charge is -2.16. The molecule has 0 bridgehead atoms. The summed E-state index contributed by atoms with van der Waals surface area (Å²) in [7, 11) is -2.13. The van der Waals surface area contributed by atoms with Gasteiger partial charge in [0, 0.05) is 13.6 Å². The zero-order valence-corrected chi connectivity index (χ0v) is 10.8. The maximum Gasteiger partial charge on any atom is 0.242 e. The van der Waals surface area contributed by atoms with Gasteiger partial charge in [0.05, 0.1) is 10.6 Å². The Morgan fingerprint density at radius 2 is 2.06 bits per heavy atom. The van der Waals surface area contributed by atoms with Crippen molar-refractivity contribution in [2.45, 2.75) is 24.7 Å². The van der Waals surface area contributed by atoms with Gasteiger partial charge in [-0.15, -0.1) is 0 Å². The molecule has 0 saturated carbocycles. The van der Waals surface area contributed by atoms with Gasteiger partial charge in [0.2, 0.25) is 10.0 Å². The first-order valence-electron chi connectivity index (χ1n) is 5.41. The van der Waals surface area contributed by atoms with E-state index in [2.05, 4.69) is 0 Å². The van der Waals surface area contributed by atoms with Crippen LogP contribution in [0, 0.1) is 5.82 Å². The Labute approximate surface area is 101 Å². The molecular weight excluding hydrogens is 243 g/mol. The largest absolute Gasteiger partial charge is 0.396 e. The topological polar surface area (TPSA) is 63.4 Å². The van der Waals surface area contributed by atoms with E-state index in [4.69, 9.17) is 5.73 Å². The smallest absolute Gasteiger partial charge is 0.242 e. The van der Waals surface area contributed by atoms with Gasteiger partial charge >= 0.3 is 0 Å². The lowest BCUT2D eigenvalue weighted by atomic mass is 10.3. The molecule has 0 aliphatic carbocycles. The molecule has 1 rings (SSSR count). The van der Waals surface area contributed by atoms with Crippen LogP contribution in [0.3, 0.4) is 0 Å². The SMILES string of the molecule is CCCCN(C)S(=O)(=O)c1ccc(N)c(F)c1. The van der Waals surface area contributed by atoms with Crippen LogP contribution in [0.4, 0.5) is 10.1 Å². The zero-order valence-electron chi connectivity index (χ0n) is 9.98. The summed E-state index contributed by atoms with van der Waals surface area (Å²) in [5.41, 5.74) is 5.25. The molecule has 0 spiro atoms. The molecule has 0 heterocycles. The number of halogens is 1. The Kier molecular flexibility index (Phi) is 4.47. The third-order valence-electron chi connectivity index (χ3n) is 2.51. The van der Waals surface area contributed by atoms with Crippen molar-refractivity contribution in [3.63, 3.8) is 0 Å². The van der Waals surface area contributed by atoms with Gasteiger partial charge in [-0.3, -0.25) is 0 Å². The van der Waals surface area contributed by atoms with Gasteiger partial charge in [0.1, 0.15) is 5.82 Å². The summed E-state index contributed by atoms with van der Waals surface area (Å²) < 4.78 is 38.5. The van der Waals surface area contributed by atoms with Gasteiger partial charge in [-0.1, -0.05) is 13.3 Å². The summed E-state index contributed by atoms with van der Waals surface area (Å²) in [5, 5.41) is 0. The number of anilines is 1. The van der Waals surface area contributed by atoms with Crippen LogP contribution < -0.4 is 5.73 Å². The summed E-state index contributed by atoms with van der Waals surface area (Å²) in [4.78, 5) is -0.0668. The summed E-state index contributed by atoms with van der Waals surface area (Å²) in [5.74, 6) is -0.713. The first-order valence-corrected chi connectivity index (χ1v) is 6.85. The van der Waals surface area contributed by atoms with E-state index >= 15 is 0 Å². The highest BCUT2D eigenvalue weighted by molar-refractivity contribution is 7.89. The number of benzene rings is 1. The van der Waals surface area contributed by atoms with Gasteiger partial charge in [-0.05, 0) is 24.6 Å². The Bertz CT molecular complexity index is 488. The van der Waals surface area contributed by atoms with Crippen LogP contribution in [0.25, 0.3) is 0 Å². The minimum absolute atomic E-state index is 0.0554. The first-order chi connectivity index (χ1) is 7.89. The second kappa shape index (κ2) is 5.46. The van der Waals surface area contributed by atoms with Gasteiger partial charge in [0.15, 0.2) is 0 Å². The van der Waals surface area contributed by atoms with Crippen LogP contribution in [0.1, 0.15) is 19.8 Å². The van der Waals surface area contributed by atoms with Crippen molar-refractivity contribution in [2.75, 3.05) is 19.3 Å². The summed E-state index contributed by atoms with van der Waals surface area (Å²) >= 11 is 0. The van der Waals surface area contributed by atoms with E-state index in [0.717, 1.165) is 18.9 Å². The molecule has 17 heavy (non-hydrogen) atoms. The lowest BCUT2D eigenvalue weighted by Crippen LogP contribution is -2.28. The van der Waals surface area contributed by atoms with Crippen molar-refractivity contribution < 1.29 is 12.8 Å². The molecule has 0 atom stereocenters. The van der Waals surface area contributed by atoms with E-state index in [1.54, 1.807) is 0 Å². The molecule has 2 N–H and O–H groups in total. The normalized spacial score (nSPS) is 12.0. The van der Waals surface area contributed by atoms with Crippen molar-refractivity contribution in [2.24, 2.45) is 0 Å². The Morgan fingerprint density at radius 3 is 2.59 bits per heavy atom. The van der Waals surface area contributed by atoms with Crippen LogP contribution in [0.15, 0.2) is 23.1 Å². The highest BCUT2D eigenvalue weighted by atomic mass is 32.2. The second-order valence-corrected chi connectivity index (χ2v) is 5.91. The molecule has 0 amide bonds. The Balaban J connectivity index is 3.00. The molecule has 6 heteroatoms. The van der Waals surface area contributed by atoms with E-state index in [0.29, 0.717) is 6.54 Å². The van der Waals surface area contributed by atoms with Crippen LogP contribution in [-0.2, 0) is 10.0 Å². The fourth-order valence-electron chi connectivity index (χ4n) is 1.35. The fourth-order valence-corrected chi connectivity index (χ4v) is 2.57. The summed E-state index contributed by atoms with van der Waals surface area (Å²) in [6.07, 6.45) is 1.67. The highest BCUT2D eigenvalue weighted by Gasteiger charge is 2.21. The van der Waals surface area contributed by atoms with Gasteiger partial charge in [-0.2, -0.15) is 0 Å². The Hall–Kier alpha value is -1.14. The average molecular weight is 260 g/mol. The summed E-state index contributed by atoms with van der Waals surface area (Å²) in [6, 6.07) is 3.53. The molecule has 96 valence electrons. The number of rotatable bonds is 5. The monoisotopic (exact) mass is 260 g/mol. The van der Waals surface area contributed by atoms with E-state index < -0.39 is 15.8 Å². The molecule has 1 aromatic rings.